The molecule has 0 saturated carbocycles. The molecule has 0 amide bonds. The Morgan fingerprint density at radius 2 is 1.80 bits per heavy atom. The molecule has 0 aliphatic heterocycles. The van der Waals surface area contributed by atoms with E-state index in [0.717, 1.165) is 16.5 Å². The molecule has 5 nitrogen and oxygen atoms in total. The molecule has 1 aromatic heterocycles. The summed E-state index contributed by atoms with van der Waals surface area (Å²) >= 11 is 0. The van der Waals surface area contributed by atoms with Crippen LogP contribution in [0.25, 0.3) is 10.9 Å². The number of ketones is 1. The summed E-state index contributed by atoms with van der Waals surface area (Å²) in [5.41, 5.74) is 2.44. The molecule has 3 rings (SSSR count). The predicted octanol–water partition coefficient (Wildman–Crippen LogP) is 3.15. The van der Waals surface area contributed by atoms with Crippen molar-refractivity contribution in [3.05, 3.63) is 84.2 Å². The summed E-state index contributed by atoms with van der Waals surface area (Å²) in [5.74, 6) is -1.15. The summed E-state index contributed by atoms with van der Waals surface area (Å²) in [6.45, 7) is 0. The van der Waals surface area contributed by atoms with Gasteiger partial charge in [0.25, 0.3) is 0 Å². The van der Waals surface area contributed by atoms with E-state index in [9.17, 15) is 14.7 Å². The van der Waals surface area contributed by atoms with E-state index in [4.69, 9.17) is 0 Å². The van der Waals surface area contributed by atoms with Crippen LogP contribution < -0.4 is 5.32 Å². The highest BCUT2D eigenvalue weighted by molar-refractivity contribution is 6.04. The van der Waals surface area contributed by atoms with E-state index < -0.39 is 12.0 Å². The summed E-state index contributed by atoms with van der Waals surface area (Å²) in [5, 5.41) is 13.2. The Kier molecular flexibility index (Phi) is 4.95. The van der Waals surface area contributed by atoms with Crippen LogP contribution in [0.2, 0.25) is 0 Å². The van der Waals surface area contributed by atoms with Gasteiger partial charge < -0.3 is 15.4 Å². The quantitative estimate of drug-likeness (QED) is 0.458. The number of aliphatic carboxylic acids is 1. The van der Waals surface area contributed by atoms with Crippen LogP contribution in [-0.4, -0.2) is 27.9 Å². The zero-order chi connectivity index (χ0) is 17.6. The molecule has 0 aliphatic carbocycles. The smallest absolute Gasteiger partial charge is 0.326 e. The average Bonchev–Trinajstić information content (AvgIpc) is 3.04. The number of rotatable bonds is 7. The number of para-hydroxylation sites is 1. The van der Waals surface area contributed by atoms with Crippen molar-refractivity contribution in [3.63, 3.8) is 0 Å². The van der Waals surface area contributed by atoms with Crippen molar-refractivity contribution < 1.29 is 14.7 Å². The molecule has 3 N–H and O–H groups in total. The molecule has 2 aromatic carbocycles. The molecule has 0 fully saturated rings. The first-order chi connectivity index (χ1) is 12.1. The van der Waals surface area contributed by atoms with Crippen molar-refractivity contribution in [3.8, 4) is 0 Å². The lowest BCUT2D eigenvalue weighted by Crippen LogP contribution is -2.35. The van der Waals surface area contributed by atoms with Gasteiger partial charge in [-0.05, 0) is 11.6 Å². The molecule has 0 bridgehead atoms. The van der Waals surface area contributed by atoms with Crippen molar-refractivity contribution in [1.29, 1.82) is 0 Å². The van der Waals surface area contributed by atoms with Gasteiger partial charge in [-0.2, -0.15) is 0 Å². The van der Waals surface area contributed by atoms with Crippen LogP contribution in [-0.2, 0) is 11.2 Å². The summed E-state index contributed by atoms with van der Waals surface area (Å²) in [4.78, 5) is 26.7. The van der Waals surface area contributed by atoms with Gasteiger partial charge in [-0.25, -0.2) is 4.79 Å². The van der Waals surface area contributed by atoms with Gasteiger partial charge in [-0.1, -0.05) is 48.5 Å². The number of aromatic nitrogens is 1. The number of benzene rings is 2. The van der Waals surface area contributed by atoms with E-state index in [1.54, 1.807) is 24.3 Å². The maximum absolute atomic E-state index is 12.0. The van der Waals surface area contributed by atoms with Crippen molar-refractivity contribution in [1.82, 2.24) is 10.3 Å². The maximum atomic E-state index is 12.0. The Hall–Kier alpha value is -3.34. The van der Waals surface area contributed by atoms with E-state index in [2.05, 4.69) is 10.3 Å². The molecule has 1 heterocycles. The van der Waals surface area contributed by atoms with E-state index in [0.29, 0.717) is 12.0 Å². The summed E-state index contributed by atoms with van der Waals surface area (Å²) in [7, 11) is 0. The molecule has 0 aliphatic rings. The third-order valence-corrected chi connectivity index (χ3v) is 3.99. The number of carboxylic acid groups (broad SMARTS) is 1. The van der Waals surface area contributed by atoms with E-state index >= 15 is 0 Å². The Labute approximate surface area is 145 Å². The predicted molar refractivity (Wildman–Crippen MR) is 96.5 cm³/mol. The van der Waals surface area contributed by atoms with Gasteiger partial charge in [-0.15, -0.1) is 0 Å². The molecule has 0 saturated heterocycles. The lowest BCUT2D eigenvalue weighted by Gasteiger charge is -2.12. The van der Waals surface area contributed by atoms with E-state index in [1.165, 1.54) is 12.3 Å². The Bertz CT molecular complexity index is 913. The number of aromatic amines is 1. The van der Waals surface area contributed by atoms with Crippen LogP contribution in [0.15, 0.2) is 73.1 Å². The molecule has 25 heavy (non-hydrogen) atoms. The number of carboxylic acids is 1. The fourth-order valence-electron chi connectivity index (χ4n) is 2.68. The van der Waals surface area contributed by atoms with Gasteiger partial charge in [0.15, 0.2) is 5.78 Å². The number of hydrogen-bond donors (Lipinski definition) is 3. The van der Waals surface area contributed by atoms with Gasteiger partial charge in [0.1, 0.15) is 6.04 Å². The van der Waals surface area contributed by atoms with Gasteiger partial charge in [0.05, 0.1) is 0 Å². The zero-order valence-corrected chi connectivity index (χ0v) is 13.5. The van der Waals surface area contributed by atoms with Crippen molar-refractivity contribution >= 4 is 22.7 Å². The molecule has 1 atom stereocenters. The molecule has 126 valence electrons. The minimum Gasteiger partial charge on any atom is -0.480 e. The van der Waals surface area contributed by atoms with Crippen LogP contribution in [0.3, 0.4) is 0 Å². The van der Waals surface area contributed by atoms with E-state index in [1.807, 2.05) is 36.5 Å². The number of H-pyrrole nitrogens is 1. The van der Waals surface area contributed by atoms with Crippen molar-refractivity contribution in [2.75, 3.05) is 0 Å². The summed E-state index contributed by atoms with van der Waals surface area (Å²) < 4.78 is 0. The third kappa shape index (κ3) is 3.95. The van der Waals surface area contributed by atoms with Gasteiger partial charge in [-0.3, -0.25) is 4.79 Å². The van der Waals surface area contributed by atoms with Gasteiger partial charge in [0.2, 0.25) is 0 Å². The largest absolute Gasteiger partial charge is 0.480 e. The first-order valence-corrected chi connectivity index (χ1v) is 7.95. The lowest BCUT2D eigenvalue weighted by molar-refractivity contribution is -0.139. The summed E-state index contributed by atoms with van der Waals surface area (Å²) in [6, 6.07) is 15.8. The topological polar surface area (TPSA) is 82.2 Å². The first-order valence-electron chi connectivity index (χ1n) is 7.95. The minimum absolute atomic E-state index is 0.177. The minimum atomic E-state index is -0.970. The van der Waals surface area contributed by atoms with Crippen LogP contribution in [0.5, 0.6) is 0 Å². The summed E-state index contributed by atoms with van der Waals surface area (Å²) in [6.07, 6.45) is 4.88. The van der Waals surface area contributed by atoms with Crippen LogP contribution >= 0.6 is 0 Å². The Morgan fingerprint density at radius 1 is 1.08 bits per heavy atom. The second-order valence-corrected chi connectivity index (χ2v) is 5.68. The molecule has 5 heteroatoms. The first kappa shape index (κ1) is 16.5. The molecular formula is C20H18N2O3. The monoisotopic (exact) mass is 334 g/mol. The molecular weight excluding hydrogens is 316 g/mol. The lowest BCUT2D eigenvalue weighted by atomic mass is 10.1. The van der Waals surface area contributed by atoms with Gasteiger partial charge in [0, 0.05) is 41.4 Å². The average molecular weight is 334 g/mol. The van der Waals surface area contributed by atoms with Crippen LogP contribution in [0.1, 0.15) is 15.9 Å². The van der Waals surface area contributed by atoms with Crippen LogP contribution in [0.4, 0.5) is 0 Å². The van der Waals surface area contributed by atoms with Crippen molar-refractivity contribution in [2.45, 2.75) is 12.5 Å². The van der Waals surface area contributed by atoms with Crippen LogP contribution in [0, 0.1) is 0 Å². The number of fused-ring (bicyclic) bond motifs is 1. The second kappa shape index (κ2) is 7.49. The number of hydrogen-bond acceptors (Lipinski definition) is 3. The highest BCUT2D eigenvalue weighted by Gasteiger charge is 2.18. The number of allylic oxidation sites excluding steroid dienone is 1. The standard InChI is InChI=1S/C20H18N2O3/c23-19(14-6-2-1-3-7-14)10-11-21-18(20(24)25)12-15-13-22-17-9-5-4-8-16(15)17/h1-11,13,18,21-22H,12H2,(H,24,25)/b11-10+/t18-/m0/s1. The molecule has 3 aromatic rings. The van der Waals surface area contributed by atoms with E-state index in [-0.39, 0.29) is 5.78 Å². The third-order valence-electron chi connectivity index (χ3n) is 3.99. The molecule has 0 spiro atoms. The highest BCUT2D eigenvalue weighted by atomic mass is 16.4. The highest BCUT2D eigenvalue weighted by Crippen LogP contribution is 2.19. The fourth-order valence-corrected chi connectivity index (χ4v) is 2.68. The van der Waals surface area contributed by atoms with Gasteiger partial charge >= 0.3 is 5.97 Å². The number of carbonyl (C=O) groups is 2. The normalized spacial score (nSPS) is 12.3. The maximum Gasteiger partial charge on any atom is 0.326 e. The second-order valence-electron chi connectivity index (χ2n) is 5.68. The number of carbonyl (C=O) groups excluding carboxylic acids is 1. The zero-order valence-electron chi connectivity index (χ0n) is 13.5. The Balaban J connectivity index is 1.69. The van der Waals surface area contributed by atoms with Crippen molar-refractivity contribution in [2.24, 2.45) is 0 Å². The molecule has 0 radical (unpaired) electrons. The Morgan fingerprint density at radius 3 is 2.56 bits per heavy atom. The SMILES string of the molecule is O=C(/C=C/N[C@@H](Cc1c[nH]c2ccccc12)C(=O)O)c1ccccc1. The fraction of sp³-hybridized carbons (Fsp3) is 0.100. The number of nitrogens with one attached hydrogen (secondary N) is 2. The molecule has 0 unspecified atom stereocenters.